The number of hydrogen-bond acceptors (Lipinski definition) is 3. The van der Waals surface area contributed by atoms with Crippen LogP contribution in [0.25, 0.3) is 5.69 Å². The molecule has 0 spiro atoms. The average Bonchev–Trinajstić information content (AvgIpc) is 3.24. The van der Waals surface area contributed by atoms with Crippen LogP contribution in [-0.2, 0) is 0 Å². The Balaban J connectivity index is 1.85. The summed E-state index contributed by atoms with van der Waals surface area (Å²) in [6.07, 6.45) is 0. The van der Waals surface area contributed by atoms with Gasteiger partial charge in [-0.15, -0.1) is 5.10 Å². The van der Waals surface area contributed by atoms with E-state index >= 15 is 0 Å². The minimum Gasteiger partial charge on any atom is -0.494 e. The van der Waals surface area contributed by atoms with Crippen LogP contribution in [0.2, 0.25) is 10.0 Å². The summed E-state index contributed by atoms with van der Waals surface area (Å²) in [4.78, 5) is 15.6. The monoisotopic (exact) mass is 534 g/mol. The highest BCUT2D eigenvalue weighted by Crippen LogP contribution is 2.47. The standard InChI is InChI=1S/C29H28Cl2N4O2/c1-16(2)26-25-27(21-13-12-19(30)14-18(21)4)34(23-15-20(31)11-10-17(23)3)29(36)32-28(25)33-35(26)22-8-6-7-9-24(22)37-5/h6-16,27H,1-5H3,(H,32,33,36). The van der Waals surface area contributed by atoms with Gasteiger partial charge < -0.3 is 4.74 Å². The number of methoxy groups -OCH3 is 1. The van der Waals surface area contributed by atoms with Gasteiger partial charge in [0, 0.05) is 15.6 Å². The molecule has 1 N–H and O–H groups in total. The second-order valence-corrected chi connectivity index (χ2v) is 10.4. The average molecular weight is 535 g/mol. The van der Waals surface area contributed by atoms with E-state index < -0.39 is 6.04 Å². The molecule has 0 aliphatic carbocycles. The van der Waals surface area contributed by atoms with Crippen molar-refractivity contribution < 1.29 is 9.53 Å². The highest BCUT2D eigenvalue weighted by atomic mass is 35.5. The molecular formula is C29H28Cl2N4O2. The summed E-state index contributed by atoms with van der Waals surface area (Å²) >= 11 is 12.8. The molecule has 1 aliphatic rings. The van der Waals surface area contributed by atoms with Gasteiger partial charge in [0.2, 0.25) is 0 Å². The number of nitrogens with zero attached hydrogens (tertiary/aromatic N) is 3. The predicted octanol–water partition coefficient (Wildman–Crippen LogP) is 8.07. The molecule has 2 amide bonds. The Hall–Kier alpha value is -3.48. The maximum Gasteiger partial charge on any atom is 0.328 e. The van der Waals surface area contributed by atoms with E-state index in [1.807, 2.05) is 79.2 Å². The number of carbonyl (C=O) groups is 1. The molecule has 37 heavy (non-hydrogen) atoms. The molecular weight excluding hydrogens is 507 g/mol. The van der Waals surface area contributed by atoms with E-state index in [9.17, 15) is 4.79 Å². The molecule has 8 heteroatoms. The highest BCUT2D eigenvalue weighted by Gasteiger charge is 2.41. The lowest BCUT2D eigenvalue weighted by molar-refractivity contribution is 0.254. The van der Waals surface area contributed by atoms with E-state index in [0.717, 1.165) is 39.3 Å². The summed E-state index contributed by atoms with van der Waals surface area (Å²) in [5.41, 5.74) is 6.30. The van der Waals surface area contributed by atoms with Gasteiger partial charge in [-0.05, 0) is 72.9 Å². The first kappa shape index (κ1) is 25.2. The van der Waals surface area contributed by atoms with Crippen LogP contribution in [0, 0.1) is 13.8 Å². The van der Waals surface area contributed by atoms with Crippen molar-refractivity contribution in [2.45, 2.75) is 39.7 Å². The van der Waals surface area contributed by atoms with E-state index in [4.69, 9.17) is 33.0 Å². The quantitative estimate of drug-likeness (QED) is 0.281. The highest BCUT2D eigenvalue weighted by molar-refractivity contribution is 6.31. The Morgan fingerprint density at radius 1 is 0.946 bits per heavy atom. The van der Waals surface area contributed by atoms with Crippen molar-refractivity contribution in [3.8, 4) is 11.4 Å². The van der Waals surface area contributed by atoms with Crippen LogP contribution in [0.3, 0.4) is 0 Å². The fourth-order valence-electron chi connectivity index (χ4n) is 5.09. The van der Waals surface area contributed by atoms with Gasteiger partial charge >= 0.3 is 6.03 Å². The molecule has 6 nitrogen and oxygen atoms in total. The number of nitrogens with one attached hydrogen (secondary N) is 1. The van der Waals surface area contributed by atoms with Gasteiger partial charge in [-0.1, -0.05) is 61.3 Å². The summed E-state index contributed by atoms with van der Waals surface area (Å²) in [5, 5.41) is 9.17. The third kappa shape index (κ3) is 4.34. The molecule has 4 aromatic rings. The van der Waals surface area contributed by atoms with Crippen molar-refractivity contribution in [1.29, 1.82) is 0 Å². The predicted molar refractivity (Wildman–Crippen MR) is 150 cm³/mol. The number of amides is 2. The van der Waals surface area contributed by atoms with Crippen LogP contribution < -0.4 is 15.0 Å². The molecule has 2 heterocycles. The lowest BCUT2D eigenvalue weighted by atomic mass is 9.88. The van der Waals surface area contributed by atoms with Crippen molar-refractivity contribution in [1.82, 2.24) is 9.78 Å². The SMILES string of the molecule is COc1ccccc1-n1nc2c(c1C(C)C)C(c1ccc(Cl)cc1C)N(c1cc(Cl)ccc1C)C(=O)N2. The minimum atomic E-state index is -0.459. The number of halogens is 2. The van der Waals surface area contributed by atoms with E-state index in [-0.39, 0.29) is 11.9 Å². The van der Waals surface area contributed by atoms with Crippen molar-refractivity contribution in [2.24, 2.45) is 0 Å². The second kappa shape index (κ2) is 9.77. The van der Waals surface area contributed by atoms with Crippen molar-refractivity contribution in [2.75, 3.05) is 17.3 Å². The maximum atomic E-state index is 13.8. The van der Waals surface area contributed by atoms with Gasteiger partial charge in [-0.2, -0.15) is 0 Å². The van der Waals surface area contributed by atoms with Gasteiger partial charge in [0.15, 0.2) is 5.82 Å². The summed E-state index contributed by atoms with van der Waals surface area (Å²) in [7, 11) is 1.64. The normalized spacial score (nSPS) is 15.1. The Kier molecular flexibility index (Phi) is 6.65. The molecule has 0 saturated heterocycles. The Morgan fingerprint density at radius 3 is 2.35 bits per heavy atom. The van der Waals surface area contributed by atoms with Crippen LogP contribution in [0.4, 0.5) is 16.3 Å². The maximum absolute atomic E-state index is 13.8. The number of urea groups is 1. The first-order valence-corrected chi connectivity index (χ1v) is 12.9. The Labute approximate surface area is 226 Å². The summed E-state index contributed by atoms with van der Waals surface area (Å²) in [6, 6.07) is 18.4. The number of para-hydroxylation sites is 2. The van der Waals surface area contributed by atoms with Crippen molar-refractivity contribution >= 4 is 40.7 Å². The number of rotatable bonds is 5. The molecule has 0 fully saturated rings. The first-order chi connectivity index (χ1) is 17.7. The number of aromatic nitrogens is 2. The van der Waals surface area contributed by atoms with Crippen molar-refractivity contribution in [3.63, 3.8) is 0 Å². The smallest absolute Gasteiger partial charge is 0.328 e. The van der Waals surface area contributed by atoms with Gasteiger partial charge in [0.05, 0.1) is 24.5 Å². The number of benzene rings is 3. The van der Waals surface area contributed by atoms with Crippen molar-refractivity contribution in [3.05, 3.63) is 98.7 Å². The molecule has 1 aromatic heterocycles. The van der Waals surface area contributed by atoms with Gasteiger partial charge in [-0.3, -0.25) is 10.2 Å². The first-order valence-electron chi connectivity index (χ1n) is 12.1. The molecule has 3 aromatic carbocycles. The molecule has 190 valence electrons. The number of aryl methyl sites for hydroxylation is 2. The number of hydrogen-bond donors (Lipinski definition) is 1. The largest absolute Gasteiger partial charge is 0.494 e. The fourth-order valence-corrected chi connectivity index (χ4v) is 5.48. The zero-order chi connectivity index (χ0) is 26.4. The van der Waals surface area contributed by atoms with Crippen LogP contribution in [0.1, 0.15) is 53.8 Å². The topological polar surface area (TPSA) is 59.4 Å². The zero-order valence-electron chi connectivity index (χ0n) is 21.3. The number of ether oxygens (including phenoxy) is 1. The molecule has 0 radical (unpaired) electrons. The lowest BCUT2D eigenvalue weighted by Gasteiger charge is -2.38. The molecule has 1 atom stereocenters. The van der Waals surface area contributed by atoms with E-state index in [1.54, 1.807) is 12.0 Å². The third-order valence-corrected chi connectivity index (χ3v) is 7.22. The summed E-state index contributed by atoms with van der Waals surface area (Å²) in [5.74, 6) is 1.29. The molecule has 5 rings (SSSR count). The van der Waals surface area contributed by atoms with Crippen LogP contribution in [-0.4, -0.2) is 22.9 Å². The van der Waals surface area contributed by atoms with Crippen LogP contribution in [0.5, 0.6) is 5.75 Å². The van der Waals surface area contributed by atoms with Gasteiger partial charge in [0.1, 0.15) is 11.4 Å². The Bertz CT molecular complexity index is 1510. The third-order valence-electron chi connectivity index (χ3n) is 6.75. The number of anilines is 2. The number of fused-ring (bicyclic) bond motifs is 1. The molecule has 0 saturated carbocycles. The van der Waals surface area contributed by atoms with E-state index in [1.165, 1.54) is 0 Å². The lowest BCUT2D eigenvalue weighted by Crippen LogP contribution is -2.43. The Morgan fingerprint density at radius 2 is 1.65 bits per heavy atom. The number of carbonyl (C=O) groups excluding carboxylic acids is 1. The zero-order valence-corrected chi connectivity index (χ0v) is 22.9. The second-order valence-electron chi connectivity index (χ2n) is 9.52. The minimum absolute atomic E-state index is 0.0774. The van der Waals surface area contributed by atoms with Crippen LogP contribution >= 0.6 is 23.2 Å². The summed E-state index contributed by atoms with van der Waals surface area (Å²) < 4.78 is 7.55. The molecule has 1 aliphatic heterocycles. The molecule has 1 unspecified atom stereocenters. The van der Waals surface area contributed by atoms with Gasteiger partial charge in [0.25, 0.3) is 0 Å². The summed E-state index contributed by atoms with van der Waals surface area (Å²) in [6.45, 7) is 8.23. The molecule has 0 bridgehead atoms. The van der Waals surface area contributed by atoms with Crippen LogP contribution in [0.15, 0.2) is 60.7 Å². The van der Waals surface area contributed by atoms with E-state index in [2.05, 4.69) is 19.2 Å². The van der Waals surface area contributed by atoms with E-state index in [0.29, 0.717) is 21.6 Å². The fraction of sp³-hybridized carbons (Fsp3) is 0.241. The van der Waals surface area contributed by atoms with Gasteiger partial charge in [-0.25, -0.2) is 9.48 Å².